The van der Waals surface area contributed by atoms with Gasteiger partial charge in [0.15, 0.2) is 0 Å². The van der Waals surface area contributed by atoms with Crippen molar-refractivity contribution in [3.8, 4) is 0 Å². The van der Waals surface area contributed by atoms with Crippen LogP contribution in [0.4, 0.5) is 0 Å². The maximum absolute atomic E-state index is 12.2. The van der Waals surface area contributed by atoms with Crippen LogP contribution in [0.25, 0.3) is 0 Å². The first-order chi connectivity index (χ1) is 10.6. The average molecular weight is 301 g/mol. The number of carbonyl (C=O) groups is 1. The Morgan fingerprint density at radius 1 is 1.27 bits per heavy atom. The minimum absolute atomic E-state index is 0.0297. The monoisotopic (exact) mass is 301 g/mol. The molecule has 4 nitrogen and oxygen atoms in total. The van der Waals surface area contributed by atoms with E-state index in [1.807, 2.05) is 30.3 Å². The number of carbonyl (C=O) groups excluding carboxylic acids is 1. The van der Waals surface area contributed by atoms with E-state index in [9.17, 15) is 9.90 Å². The number of ether oxygens (including phenoxy) is 1. The lowest BCUT2D eigenvalue weighted by molar-refractivity contribution is -0.125. The van der Waals surface area contributed by atoms with Crippen LogP contribution in [0.3, 0.4) is 0 Å². The van der Waals surface area contributed by atoms with E-state index in [1.54, 1.807) is 0 Å². The van der Waals surface area contributed by atoms with Crippen LogP contribution in [0.2, 0.25) is 0 Å². The summed E-state index contributed by atoms with van der Waals surface area (Å²) in [5, 5.41) is 12.8. The van der Waals surface area contributed by atoms with Crippen LogP contribution in [-0.4, -0.2) is 23.8 Å². The van der Waals surface area contributed by atoms with Crippen molar-refractivity contribution in [2.45, 2.75) is 26.7 Å². The smallest absolute Gasteiger partial charge is 0.226 e. The molecule has 0 aromatic heterocycles. The largest absolute Gasteiger partial charge is 0.376 e. The Hall–Kier alpha value is -1.65. The van der Waals surface area contributed by atoms with Crippen molar-refractivity contribution in [1.82, 2.24) is 5.32 Å². The first-order valence-electron chi connectivity index (χ1n) is 7.86. The SMILES string of the molecule is CC1=C[C@H](COCc2ccccc2)[C@@H]2C(=O)NC(O)[C@@H]2[C@@H]1C. The van der Waals surface area contributed by atoms with Crippen LogP contribution in [0.1, 0.15) is 19.4 Å². The zero-order valence-corrected chi connectivity index (χ0v) is 13.0. The topological polar surface area (TPSA) is 58.6 Å². The Bertz CT molecular complexity index is 569. The second-order valence-electron chi connectivity index (χ2n) is 6.42. The molecule has 0 saturated carbocycles. The number of rotatable bonds is 4. The van der Waals surface area contributed by atoms with Crippen molar-refractivity contribution >= 4 is 5.91 Å². The van der Waals surface area contributed by atoms with Gasteiger partial charge in [0, 0.05) is 11.8 Å². The molecule has 1 heterocycles. The molecule has 0 bridgehead atoms. The Labute approximate surface area is 131 Å². The standard InChI is InChI=1S/C18H23NO3/c1-11-8-14(10-22-9-13-6-4-3-5-7-13)16-15(12(11)2)17(20)19-18(16)21/h3-8,12,14-17,20H,9-10H2,1-2H3,(H,19,21)/t12-,14-,15-,16+,17?/m1/s1. The van der Waals surface area contributed by atoms with E-state index < -0.39 is 6.23 Å². The molecule has 22 heavy (non-hydrogen) atoms. The quantitative estimate of drug-likeness (QED) is 0.837. The molecule has 5 atom stereocenters. The second kappa shape index (κ2) is 6.23. The summed E-state index contributed by atoms with van der Waals surface area (Å²) in [5.74, 6) is -0.0555. The fourth-order valence-corrected chi connectivity index (χ4v) is 3.71. The summed E-state index contributed by atoms with van der Waals surface area (Å²) in [6.07, 6.45) is 1.40. The van der Waals surface area contributed by atoms with Crippen LogP contribution in [0, 0.1) is 23.7 Å². The van der Waals surface area contributed by atoms with Crippen molar-refractivity contribution in [3.63, 3.8) is 0 Å². The van der Waals surface area contributed by atoms with Gasteiger partial charge >= 0.3 is 0 Å². The number of nitrogens with one attached hydrogen (secondary N) is 1. The highest BCUT2D eigenvalue weighted by Crippen LogP contribution is 2.42. The number of benzene rings is 1. The fourth-order valence-electron chi connectivity index (χ4n) is 3.71. The van der Waals surface area contributed by atoms with Gasteiger partial charge in [-0.3, -0.25) is 4.79 Å². The molecule has 1 saturated heterocycles. The van der Waals surface area contributed by atoms with E-state index in [1.165, 1.54) is 5.57 Å². The Kier molecular flexibility index (Phi) is 4.32. The van der Waals surface area contributed by atoms with Gasteiger partial charge in [-0.15, -0.1) is 0 Å². The summed E-state index contributed by atoms with van der Waals surface area (Å²) >= 11 is 0. The van der Waals surface area contributed by atoms with Crippen molar-refractivity contribution in [1.29, 1.82) is 0 Å². The van der Waals surface area contributed by atoms with Crippen LogP contribution >= 0.6 is 0 Å². The maximum atomic E-state index is 12.2. The number of aliphatic hydroxyl groups is 1. The predicted octanol–water partition coefficient (Wildman–Crippen LogP) is 2.10. The van der Waals surface area contributed by atoms with Gasteiger partial charge in [0.2, 0.25) is 5.91 Å². The summed E-state index contributed by atoms with van der Waals surface area (Å²) in [4.78, 5) is 12.2. The highest BCUT2D eigenvalue weighted by molar-refractivity contribution is 5.82. The molecule has 4 heteroatoms. The number of aliphatic hydroxyl groups excluding tert-OH is 1. The molecule has 0 radical (unpaired) electrons. The summed E-state index contributed by atoms with van der Waals surface area (Å²) in [6, 6.07) is 10.0. The zero-order valence-electron chi connectivity index (χ0n) is 13.0. The van der Waals surface area contributed by atoms with Crippen LogP contribution in [0.15, 0.2) is 42.0 Å². The summed E-state index contributed by atoms with van der Waals surface area (Å²) in [7, 11) is 0. The minimum atomic E-state index is -0.743. The molecule has 2 N–H and O–H groups in total. The molecule has 3 rings (SSSR count). The Morgan fingerprint density at radius 2 is 2.00 bits per heavy atom. The number of hydrogen-bond acceptors (Lipinski definition) is 3. The molecule has 0 spiro atoms. The van der Waals surface area contributed by atoms with Crippen molar-refractivity contribution in [3.05, 3.63) is 47.5 Å². The molecule has 1 fully saturated rings. The van der Waals surface area contributed by atoms with Crippen LogP contribution in [-0.2, 0) is 16.1 Å². The van der Waals surface area contributed by atoms with Gasteiger partial charge in [-0.2, -0.15) is 0 Å². The van der Waals surface area contributed by atoms with E-state index in [4.69, 9.17) is 4.74 Å². The minimum Gasteiger partial charge on any atom is -0.376 e. The number of fused-ring (bicyclic) bond motifs is 1. The molecule has 1 aromatic carbocycles. The van der Waals surface area contributed by atoms with Gasteiger partial charge in [-0.25, -0.2) is 0 Å². The molecule has 1 aliphatic carbocycles. The molecule has 1 unspecified atom stereocenters. The zero-order chi connectivity index (χ0) is 15.7. The first kappa shape index (κ1) is 15.3. The lowest BCUT2D eigenvalue weighted by atomic mass is 9.69. The molecule has 118 valence electrons. The summed E-state index contributed by atoms with van der Waals surface area (Å²) < 4.78 is 5.83. The second-order valence-corrected chi connectivity index (χ2v) is 6.42. The van der Waals surface area contributed by atoms with Crippen LogP contribution < -0.4 is 5.32 Å². The first-order valence-corrected chi connectivity index (χ1v) is 7.86. The normalized spacial score (nSPS) is 34.0. The predicted molar refractivity (Wildman–Crippen MR) is 83.6 cm³/mol. The van der Waals surface area contributed by atoms with Gasteiger partial charge < -0.3 is 15.2 Å². The molecular weight excluding hydrogens is 278 g/mol. The third-order valence-corrected chi connectivity index (χ3v) is 5.03. The van der Waals surface area contributed by atoms with Gasteiger partial charge in [0.1, 0.15) is 6.23 Å². The van der Waals surface area contributed by atoms with Gasteiger partial charge in [-0.05, 0) is 18.4 Å². The third-order valence-electron chi connectivity index (χ3n) is 5.03. The molecule has 1 aromatic rings. The number of hydrogen-bond donors (Lipinski definition) is 2. The van der Waals surface area contributed by atoms with Crippen LogP contribution in [0.5, 0.6) is 0 Å². The third kappa shape index (κ3) is 2.81. The number of allylic oxidation sites excluding steroid dienone is 1. The van der Waals surface area contributed by atoms with Crippen molar-refractivity contribution < 1.29 is 14.6 Å². The Balaban J connectivity index is 1.68. The summed E-state index contributed by atoms with van der Waals surface area (Å²) in [6.45, 7) is 5.19. The molecular formula is C18H23NO3. The van der Waals surface area contributed by atoms with E-state index in [2.05, 4.69) is 25.2 Å². The summed E-state index contributed by atoms with van der Waals surface area (Å²) in [5.41, 5.74) is 2.35. The van der Waals surface area contributed by atoms with Gasteiger partial charge in [0.05, 0.1) is 19.1 Å². The lowest BCUT2D eigenvalue weighted by Gasteiger charge is -2.35. The van der Waals surface area contributed by atoms with Crippen molar-refractivity contribution in [2.24, 2.45) is 23.7 Å². The van der Waals surface area contributed by atoms with Gasteiger partial charge in [0.25, 0.3) is 0 Å². The van der Waals surface area contributed by atoms with E-state index in [0.29, 0.717) is 13.2 Å². The molecule has 1 amide bonds. The fraction of sp³-hybridized carbons (Fsp3) is 0.500. The van der Waals surface area contributed by atoms with Crippen molar-refractivity contribution in [2.75, 3.05) is 6.61 Å². The van der Waals surface area contributed by atoms with E-state index >= 15 is 0 Å². The average Bonchev–Trinajstić information content (AvgIpc) is 2.80. The molecule has 2 aliphatic rings. The molecule has 1 aliphatic heterocycles. The Morgan fingerprint density at radius 3 is 2.73 bits per heavy atom. The lowest BCUT2D eigenvalue weighted by Crippen LogP contribution is -2.37. The highest BCUT2D eigenvalue weighted by atomic mass is 16.5. The maximum Gasteiger partial charge on any atom is 0.226 e. The number of amides is 1. The van der Waals surface area contributed by atoms with E-state index in [0.717, 1.165) is 5.56 Å². The van der Waals surface area contributed by atoms with E-state index in [-0.39, 0.29) is 29.6 Å². The highest BCUT2D eigenvalue weighted by Gasteiger charge is 2.50. The van der Waals surface area contributed by atoms with Gasteiger partial charge in [-0.1, -0.05) is 48.9 Å².